The second-order valence-corrected chi connectivity index (χ2v) is 9.52. The molecule has 1 atom stereocenters. The Labute approximate surface area is 236 Å². The zero-order valence-electron chi connectivity index (χ0n) is 23.0. The van der Waals surface area contributed by atoms with Crippen molar-refractivity contribution < 1.29 is 4.79 Å². The number of nitrogen functional groups attached to an aromatic ring is 1. The second-order valence-electron chi connectivity index (χ2n) is 9.52. The Kier molecular flexibility index (Phi) is 7.47. The fraction of sp³-hybridized carbons (Fsp3) is 0.129. The molecule has 3 N–H and O–H groups in total. The van der Waals surface area contributed by atoms with Crippen molar-refractivity contribution >= 4 is 46.7 Å². The number of fused-ring (bicyclic) bond motifs is 1. The lowest BCUT2D eigenvalue weighted by molar-refractivity contribution is 0.0940. The highest BCUT2D eigenvalue weighted by Gasteiger charge is 2.24. The van der Waals surface area contributed by atoms with Crippen LogP contribution in [0.15, 0.2) is 89.3 Å². The van der Waals surface area contributed by atoms with Gasteiger partial charge in [0, 0.05) is 37.9 Å². The van der Waals surface area contributed by atoms with Crippen LogP contribution in [0.2, 0.25) is 0 Å². The molecule has 0 spiro atoms. The minimum atomic E-state index is -0.580. The number of carbonyl (C=O) groups excluding carboxylic acids is 1. The van der Waals surface area contributed by atoms with Gasteiger partial charge in [-0.05, 0) is 48.2 Å². The first-order valence-electron chi connectivity index (χ1n) is 13.0. The van der Waals surface area contributed by atoms with Crippen molar-refractivity contribution in [2.75, 3.05) is 5.73 Å². The topological polar surface area (TPSA) is 125 Å². The molecule has 0 saturated carbocycles. The third-order valence-electron chi connectivity index (χ3n) is 6.65. The van der Waals surface area contributed by atoms with Crippen molar-refractivity contribution in [2.45, 2.75) is 13.0 Å². The molecule has 0 fully saturated rings. The van der Waals surface area contributed by atoms with Gasteiger partial charge < -0.3 is 11.1 Å². The zero-order chi connectivity index (χ0) is 29.1. The van der Waals surface area contributed by atoms with Gasteiger partial charge in [-0.3, -0.25) is 18.8 Å². The molecule has 10 heteroatoms. The van der Waals surface area contributed by atoms with Gasteiger partial charge in [-0.25, -0.2) is 9.67 Å². The smallest absolute Gasteiger partial charge is 0.263 e. The Morgan fingerprint density at radius 2 is 1.85 bits per heavy atom. The van der Waals surface area contributed by atoms with Gasteiger partial charge in [0.15, 0.2) is 11.6 Å². The first-order chi connectivity index (χ1) is 19.8. The molecule has 5 aromatic rings. The number of amides is 1. The van der Waals surface area contributed by atoms with Gasteiger partial charge in [0.1, 0.15) is 5.56 Å². The lowest BCUT2D eigenvalue weighted by Gasteiger charge is -2.21. The summed E-state index contributed by atoms with van der Waals surface area (Å²) in [6.45, 7) is 5.45. The predicted octanol–water partition coefficient (Wildman–Crippen LogP) is 4.59. The number of benzene rings is 2. The van der Waals surface area contributed by atoms with E-state index in [0.717, 1.165) is 16.6 Å². The summed E-state index contributed by atoms with van der Waals surface area (Å²) in [5.74, 6) is -0.106. The molecule has 3 heterocycles. The van der Waals surface area contributed by atoms with E-state index < -0.39 is 11.9 Å². The van der Waals surface area contributed by atoms with Crippen LogP contribution in [-0.4, -0.2) is 36.2 Å². The Morgan fingerprint density at radius 1 is 1.07 bits per heavy atom. The van der Waals surface area contributed by atoms with Crippen LogP contribution < -0.4 is 16.6 Å². The molecule has 3 aromatic heterocycles. The van der Waals surface area contributed by atoms with Crippen LogP contribution in [-0.2, 0) is 14.1 Å². The maximum Gasteiger partial charge on any atom is 0.263 e. The molecular weight excluding hydrogens is 516 g/mol. The minimum Gasteiger partial charge on any atom is -0.381 e. The average Bonchev–Trinajstić information content (AvgIpc) is 3.51. The van der Waals surface area contributed by atoms with Gasteiger partial charge in [-0.2, -0.15) is 10.2 Å². The summed E-state index contributed by atoms with van der Waals surface area (Å²) in [4.78, 5) is 31.9. The number of para-hydroxylation sites is 1. The van der Waals surface area contributed by atoms with E-state index in [2.05, 4.69) is 27.1 Å². The fourth-order valence-electron chi connectivity index (χ4n) is 4.77. The van der Waals surface area contributed by atoms with Crippen LogP contribution in [0, 0.1) is 0 Å². The third kappa shape index (κ3) is 5.35. The van der Waals surface area contributed by atoms with Crippen LogP contribution in [0.3, 0.4) is 0 Å². The van der Waals surface area contributed by atoms with Crippen molar-refractivity contribution in [3.8, 4) is 5.69 Å². The van der Waals surface area contributed by atoms with E-state index >= 15 is 0 Å². The number of carbonyl (C=O) groups is 1. The van der Waals surface area contributed by atoms with Crippen LogP contribution >= 0.6 is 0 Å². The van der Waals surface area contributed by atoms with Crippen molar-refractivity contribution in [2.24, 2.45) is 19.1 Å². The first kappa shape index (κ1) is 27.1. The summed E-state index contributed by atoms with van der Waals surface area (Å²) < 4.78 is 4.79. The number of nitrogens with one attached hydrogen (secondary N) is 1. The highest BCUT2D eigenvalue weighted by molar-refractivity contribution is 6.03. The highest BCUT2D eigenvalue weighted by atomic mass is 16.2. The molecule has 0 saturated heterocycles. The van der Waals surface area contributed by atoms with E-state index in [1.807, 2.05) is 93.0 Å². The molecule has 0 aliphatic carbocycles. The number of nitrogens with two attached hydrogens (primary N) is 1. The summed E-state index contributed by atoms with van der Waals surface area (Å²) in [6, 6.07) is 18.3. The number of aryl methyl sites for hydroxylation is 2. The number of allylic oxidation sites excluding steroid dienone is 1. The lowest BCUT2D eigenvalue weighted by Crippen LogP contribution is -2.32. The fourth-order valence-corrected chi connectivity index (χ4v) is 4.77. The van der Waals surface area contributed by atoms with Gasteiger partial charge >= 0.3 is 0 Å². The Balaban J connectivity index is 1.62. The zero-order valence-corrected chi connectivity index (χ0v) is 23.0. The number of hydrogen-bond donors (Lipinski definition) is 2. The van der Waals surface area contributed by atoms with E-state index in [1.165, 1.54) is 17.0 Å². The quantitative estimate of drug-likeness (QED) is 0.276. The molecule has 1 unspecified atom stereocenters. The summed E-state index contributed by atoms with van der Waals surface area (Å²) in [7, 11) is 3.51. The summed E-state index contributed by atoms with van der Waals surface area (Å²) in [5.41, 5.74) is 8.85. The number of anilines is 1. The Morgan fingerprint density at radius 3 is 2.56 bits per heavy atom. The van der Waals surface area contributed by atoms with Crippen molar-refractivity contribution in [3.05, 3.63) is 112 Å². The molecule has 10 nitrogen and oxygen atoms in total. The Bertz CT molecular complexity index is 1880. The number of pyridine rings is 1. The normalized spacial score (nSPS) is 12.4. The molecule has 0 radical (unpaired) electrons. The van der Waals surface area contributed by atoms with Gasteiger partial charge in [0.25, 0.3) is 11.5 Å². The number of hydrogen-bond acceptors (Lipinski definition) is 6. The molecule has 41 heavy (non-hydrogen) atoms. The number of nitrogens with zero attached hydrogens (tertiary/aromatic N) is 6. The van der Waals surface area contributed by atoms with E-state index in [1.54, 1.807) is 16.3 Å². The maximum absolute atomic E-state index is 14.2. The minimum absolute atomic E-state index is 0.0525. The molecule has 1 amide bonds. The Hall–Kier alpha value is -5.51. The van der Waals surface area contributed by atoms with Gasteiger partial charge in [-0.1, -0.05) is 55.1 Å². The summed E-state index contributed by atoms with van der Waals surface area (Å²) in [5, 5.41) is 12.8. The van der Waals surface area contributed by atoms with Crippen LogP contribution in [0.1, 0.15) is 40.3 Å². The largest absolute Gasteiger partial charge is 0.381 e. The monoisotopic (exact) mass is 546 g/mol. The molecular formula is C31H30N8O2. The summed E-state index contributed by atoms with van der Waals surface area (Å²) in [6.07, 6.45) is 8.60. The van der Waals surface area contributed by atoms with Gasteiger partial charge in [0.05, 0.1) is 17.1 Å². The lowest BCUT2D eigenvalue weighted by atomic mass is 10.0. The molecule has 0 aliphatic heterocycles. The SMILES string of the molecule is C=C/C=N\c1c(C(=O)NC(C)c2cc3cccc(/C=C/c4ccn(C)n4)c3c(=O)n2-c2ccccc2)c(N)nn1C. The highest BCUT2D eigenvalue weighted by Crippen LogP contribution is 2.27. The average molecular weight is 547 g/mol. The van der Waals surface area contributed by atoms with Crippen molar-refractivity contribution in [3.63, 3.8) is 0 Å². The van der Waals surface area contributed by atoms with E-state index in [4.69, 9.17) is 5.73 Å². The molecule has 2 aromatic carbocycles. The third-order valence-corrected chi connectivity index (χ3v) is 6.65. The van der Waals surface area contributed by atoms with Crippen molar-refractivity contribution in [1.29, 1.82) is 0 Å². The number of aromatic nitrogens is 5. The van der Waals surface area contributed by atoms with E-state index in [9.17, 15) is 9.59 Å². The molecule has 5 rings (SSSR count). The van der Waals surface area contributed by atoms with Gasteiger partial charge in [-0.15, -0.1) is 0 Å². The molecule has 0 aliphatic rings. The van der Waals surface area contributed by atoms with E-state index in [0.29, 0.717) is 22.6 Å². The number of aliphatic imine (C=N–C) groups is 1. The van der Waals surface area contributed by atoms with Gasteiger partial charge in [0.2, 0.25) is 0 Å². The van der Waals surface area contributed by atoms with E-state index in [-0.39, 0.29) is 16.9 Å². The summed E-state index contributed by atoms with van der Waals surface area (Å²) >= 11 is 0. The standard InChI is InChI=1S/C31H30N8O2/c1-5-17-33-29-27(28(32)36-38(29)4)30(40)34-20(2)25-19-22-11-9-10-21(14-15-23-16-18-37(3)35-23)26(22)31(41)39(25)24-12-7-6-8-13-24/h5-20H,1H2,2-4H3,(H2,32,36)(H,34,40)/b15-14+,33-17-. The first-order valence-corrected chi connectivity index (χ1v) is 13.0. The maximum atomic E-state index is 14.2. The van der Waals surface area contributed by atoms with Crippen LogP contribution in [0.25, 0.3) is 28.6 Å². The molecule has 0 bridgehead atoms. The van der Waals surface area contributed by atoms with Crippen LogP contribution in [0.5, 0.6) is 0 Å². The second kappa shape index (κ2) is 11.3. The molecule has 206 valence electrons. The number of rotatable bonds is 8. The predicted molar refractivity (Wildman–Crippen MR) is 164 cm³/mol. The van der Waals surface area contributed by atoms with Crippen LogP contribution in [0.4, 0.5) is 11.6 Å². The van der Waals surface area contributed by atoms with Crippen molar-refractivity contribution in [1.82, 2.24) is 29.4 Å².